The van der Waals surface area contributed by atoms with E-state index in [1.807, 2.05) is 32.1 Å². The van der Waals surface area contributed by atoms with E-state index in [2.05, 4.69) is 67.7 Å². The number of aliphatic imine (C=N–C) groups is 1. The van der Waals surface area contributed by atoms with Crippen LogP contribution in [0.25, 0.3) is 27.6 Å². The second kappa shape index (κ2) is 14.4. The van der Waals surface area contributed by atoms with Crippen molar-refractivity contribution in [2.45, 2.75) is 85.0 Å². The topological polar surface area (TPSA) is 111 Å². The third kappa shape index (κ3) is 7.12. The van der Waals surface area contributed by atoms with E-state index < -0.39 is 17.5 Å². The van der Waals surface area contributed by atoms with Crippen LogP contribution in [0.3, 0.4) is 0 Å². The zero-order chi connectivity index (χ0) is 33.9. The molecule has 1 amide bonds. The van der Waals surface area contributed by atoms with Crippen LogP contribution in [0.2, 0.25) is 0 Å². The number of benzene rings is 2. The predicted molar refractivity (Wildman–Crippen MR) is 189 cm³/mol. The molecule has 3 atom stereocenters. The Kier molecular flexibility index (Phi) is 10.5. The van der Waals surface area contributed by atoms with E-state index in [9.17, 15) is 9.59 Å². The lowest BCUT2D eigenvalue weighted by Crippen LogP contribution is -2.59. The molecule has 6 bridgehead atoms. The highest BCUT2D eigenvalue weighted by atomic mass is 16.5. The van der Waals surface area contributed by atoms with Gasteiger partial charge in [0.15, 0.2) is 0 Å². The Morgan fingerprint density at radius 3 is 2.70 bits per heavy atom. The van der Waals surface area contributed by atoms with Crippen molar-refractivity contribution in [1.82, 2.24) is 15.0 Å². The number of allylic oxidation sites excluding steroid dienone is 2. The Hall–Kier alpha value is -4.05. The highest BCUT2D eigenvalue weighted by molar-refractivity contribution is 5.95. The molecule has 3 N–H and O–H groups in total. The molecule has 1 aromatic heterocycles. The van der Waals surface area contributed by atoms with Gasteiger partial charge in [-0.05, 0) is 80.8 Å². The maximum atomic E-state index is 13.4. The maximum Gasteiger partial charge on any atom is 0.324 e. The van der Waals surface area contributed by atoms with Crippen molar-refractivity contribution in [2.24, 2.45) is 16.1 Å². The number of nitrogens with zero attached hydrogens (tertiary/aromatic N) is 3. The van der Waals surface area contributed by atoms with Crippen molar-refractivity contribution in [3.05, 3.63) is 77.6 Å². The van der Waals surface area contributed by atoms with Crippen LogP contribution in [0.1, 0.15) is 64.3 Å². The van der Waals surface area contributed by atoms with Crippen LogP contribution in [-0.4, -0.2) is 66.1 Å². The van der Waals surface area contributed by atoms with Gasteiger partial charge in [0.25, 0.3) is 5.91 Å². The van der Waals surface area contributed by atoms with Gasteiger partial charge in [-0.1, -0.05) is 56.8 Å². The first kappa shape index (κ1) is 34.3. The number of carbonyl (C=O) groups is 2. The number of amides is 1. The molecule has 3 heterocycles. The molecule has 250 valence electrons. The van der Waals surface area contributed by atoms with Crippen LogP contribution < -0.4 is 11.2 Å². The molecule has 0 saturated carbocycles. The smallest absolute Gasteiger partial charge is 0.324 e. The molecule has 2 aliphatic rings. The minimum atomic E-state index is -0.751. The Bertz CT molecular complexity index is 1720. The fourth-order valence-electron chi connectivity index (χ4n) is 6.82. The number of hydrazine groups is 1. The Morgan fingerprint density at radius 1 is 1.23 bits per heavy atom. The Balaban J connectivity index is 1.75. The summed E-state index contributed by atoms with van der Waals surface area (Å²) in [5, 5.41) is 2.62. The first-order chi connectivity index (χ1) is 22.5. The molecular formula is C38H49N5O4. The fourth-order valence-corrected chi connectivity index (χ4v) is 6.82. The van der Waals surface area contributed by atoms with Crippen molar-refractivity contribution in [3.8, 4) is 11.1 Å². The number of esters is 1. The highest BCUT2D eigenvalue weighted by Gasteiger charge is 2.34. The third-order valence-corrected chi connectivity index (χ3v) is 9.26. The van der Waals surface area contributed by atoms with Crippen LogP contribution in [0.4, 0.5) is 0 Å². The molecule has 0 aliphatic carbocycles. The summed E-state index contributed by atoms with van der Waals surface area (Å²) in [4.78, 5) is 31.5. The van der Waals surface area contributed by atoms with E-state index in [0.29, 0.717) is 32.2 Å². The van der Waals surface area contributed by atoms with Gasteiger partial charge < -0.3 is 19.8 Å². The first-order valence-electron chi connectivity index (χ1n) is 16.6. The molecule has 47 heavy (non-hydrogen) atoms. The molecule has 0 unspecified atom stereocenters. The lowest BCUT2D eigenvalue weighted by atomic mass is 9.84. The van der Waals surface area contributed by atoms with Gasteiger partial charge in [-0.2, -0.15) is 0 Å². The molecule has 2 aromatic carbocycles. The molecule has 1 fully saturated rings. The summed E-state index contributed by atoms with van der Waals surface area (Å²) >= 11 is 0. The number of nitrogens with one attached hydrogen (secondary N) is 1. The second-order valence-corrected chi connectivity index (χ2v) is 13.3. The lowest BCUT2D eigenvalue weighted by Gasteiger charge is -2.35. The average Bonchev–Trinajstić information content (AvgIpc) is 3.37. The van der Waals surface area contributed by atoms with Gasteiger partial charge in [0.2, 0.25) is 0 Å². The number of rotatable bonds is 6. The van der Waals surface area contributed by atoms with Crippen molar-refractivity contribution in [1.29, 1.82) is 0 Å². The Labute approximate surface area is 278 Å². The first-order valence-corrected chi connectivity index (χ1v) is 16.6. The van der Waals surface area contributed by atoms with E-state index in [0.717, 1.165) is 56.7 Å². The Morgan fingerprint density at radius 2 is 2.00 bits per heavy atom. The minimum Gasteiger partial charge on any atom is -0.464 e. The van der Waals surface area contributed by atoms with E-state index in [-0.39, 0.29) is 24.6 Å². The molecule has 9 nitrogen and oxygen atoms in total. The van der Waals surface area contributed by atoms with Crippen molar-refractivity contribution >= 4 is 34.6 Å². The second-order valence-electron chi connectivity index (χ2n) is 13.3. The van der Waals surface area contributed by atoms with Crippen LogP contribution in [-0.2, 0) is 38.4 Å². The summed E-state index contributed by atoms with van der Waals surface area (Å²) in [5.41, 5.74) is 17.2. The van der Waals surface area contributed by atoms with E-state index >= 15 is 0 Å². The normalized spacial score (nSPS) is 21.7. The molecule has 0 spiro atoms. The van der Waals surface area contributed by atoms with Gasteiger partial charge in [0.1, 0.15) is 6.04 Å². The molecule has 0 radical (unpaired) electrons. The number of fused-ring (bicyclic) bond motifs is 6. The van der Waals surface area contributed by atoms with E-state index in [1.54, 1.807) is 13.3 Å². The van der Waals surface area contributed by atoms with Crippen molar-refractivity contribution in [3.63, 3.8) is 0 Å². The summed E-state index contributed by atoms with van der Waals surface area (Å²) in [6.45, 7) is 16.0. The number of cyclic esters (lactones) is 1. The maximum absolute atomic E-state index is 13.4. The standard InChI is InChI=1S/C38H49N5O4/c1-8-28(34(40-9-2)24(4)46-7)35-30-22-38(5,6)23-47-37(45)32-15-12-18-43(41-32)36(44)31(39)20-25-13-11-14-26(19-25)27-16-17-33(29(30)21-27)42(35)10-3/h8-9,11,13-14,16-17,19,21,24,31-32,41H,1,10,12,15,18,20,22-23,39H2,2-7H3/b34-28+,40-9-/t24-,31-,32-/m0/s1. The largest absolute Gasteiger partial charge is 0.464 e. The lowest BCUT2D eigenvalue weighted by molar-refractivity contribution is -0.154. The monoisotopic (exact) mass is 639 g/mol. The van der Waals surface area contributed by atoms with Gasteiger partial charge in [-0.3, -0.25) is 19.6 Å². The van der Waals surface area contributed by atoms with Crippen LogP contribution >= 0.6 is 0 Å². The quantitative estimate of drug-likeness (QED) is 0.199. The summed E-state index contributed by atoms with van der Waals surface area (Å²) in [6, 6.07) is 13.4. The zero-order valence-corrected chi connectivity index (χ0v) is 28.6. The summed E-state index contributed by atoms with van der Waals surface area (Å²) in [6.07, 6.45) is 5.68. The number of hydrogen-bond donors (Lipinski definition) is 2. The van der Waals surface area contributed by atoms with Crippen molar-refractivity contribution < 1.29 is 19.1 Å². The van der Waals surface area contributed by atoms with Gasteiger partial charge in [0, 0.05) is 48.3 Å². The number of carbonyl (C=O) groups excluding carboxylic acids is 2. The highest BCUT2D eigenvalue weighted by Crippen LogP contribution is 2.40. The predicted octanol–water partition coefficient (Wildman–Crippen LogP) is 5.84. The molecule has 2 aliphatic heterocycles. The molecule has 1 saturated heterocycles. The van der Waals surface area contributed by atoms with Crippen LogP contribution in [0.5, 0.6) is 0 Å². The zero-order valence-electron chi connectivity index (χ0n) is 28.6. The van der Waals surface area contributed by atoms with E-state index in [1.165, 1.54) is 5.01 Å². The molecule has 5 rings (SSSR count). The molecule has 3 aromatic rings. The van der Waals surface area contributed by atoms with E-state index in [4.69, 9.17) is 20.2 Å². The third-order valence-electron chi connectivity index (χ3n) is 9.26. The van der Waals surface area contributed by atoms with Gasteiger partial charge in [-0.25, -0.2) is 5.43 Å². The van der Waals surface area contributed by atoms with Gasteiger partial charge in [-0.15, -0.1) is 0 Å². The number of aromatic nitrogens is 1. The summed E-state index contributed by atoms with van der Waals surface area (Å²) in [5.74, 6) is -0.592. The number of aryl methyl sites for hydroxylation is 1. The number of nitrogens with two attached hydrogens (primary N) is 1. The van der Waals surface area contributed by atoms with Gasteiger partial charge in [0.05, 0.1) is 30.1 Å². The van der Waals surface area contributed by atoms with Crippen LogP contribution in [0, 0.1) is 5.41 Å². The average molecular weight is 640 g/mol. The minimum absolute atomic E-state index is 0.207. The number of hydrogen-bond acceptors (Lipinski definition) is 7. The summed E-state index contributed by atoms with van der Waals surface area (Å²) < 4.78 is 14.1. The SMILES string of the molecule is C=C/C(=C(\N=C/C)[C@H](C)OC)c1c2c3cc(ccc3n1CC)-c1cccc(c1)C[C@H](N)C(=O)N1CCC[C@H](N1)C(=O)OCC(C)(C)C2. The van der Waals surface area contributed by atoms with Gasteiger partial charge >= 0.3 is 5.97 Å². The molecule has 9 heteroatoms. The summed E-state index contributed by atoms with van der Waals surface area (Å²) in [7, 11) is 1.69. The number of methoxy groups -OCH3 is 1. The number of ether oxygens (including phenoxy) is 2. The van der Waals surface area contributed by atoms with Crippen LogP contribution in [0.15, 0.2) is 65.8 Å². The van der Waals surface area contributed by atoms with Crippen molar-refractivity contribution in [2.75, 3.05) is 20.3 Å². The fraction of sp³-hybridized carbons (Fsp3) is 0.447. The molecular weight excluding hydrogens is 590 g/mol.